The molecule has 1 aliphatic heterocycles. The van der Waals surface area contributed by atoms with Gasteiger partial charge in [0.2, 0.25) is 0 Å². The highest BCUT2D eigenvalue weighted by Gasteiger charge is 2.20. The monoisotopic (exact) mass is 309 g/mol. The third-order valence-corrected chi connectivity index (χ3v) is 3.47. The van der Waals surface area contributed by atoms with Crippen LogP contribution in [0.2, 0.25) is 0 Å². The Balaban J connectivity index is 1.89. The molecule has 0 spiro atoms. The zero-order valence-corrected chi connectivity index (χ0v) is 11.1. The van der Waals surface area contributed by atoms with Gasteiger partial charge in [0.05, 0.1) is 12.8 Å². The normalized spacial score (nSPS) is 15.2. The van der Waals surface area contributed by atoms with Gasteiger partial charge in [-0.15, -0.1) is 0 Å². The summed E-state index contributed by atoms with van der Waals surface area (Å²) in [4.78, 5) is 0. The molecule has 0 saturated heterocycles. The summed E-state index contributed by atoms with van der Waals surface area (Å²) in [7, 11) is 0. The molecule has 0 fully saturated rings. The summed E-state index contributed by atoms with van der Waals surface area (Å²) < 4.78 is 6.64. The van der Waals surface area contributed by atoms with Crippen molar-refractivity contribution in [1.29, 1.82) is 0 Å². The molecule has 1 atom stereocenters. The van der Waals surface area contributed by atoms with Crippen molar-refractivity contribution < 1.29 is 9.84 Å². The van der Waals surface area contributed by atoms with Gasteiger partial charge in [-0.25, -0.2) is 0 Å². The number of aliphatic hydroxyl groups is 1. The van der Waals surface area contributed by atoms with Crippen molar-refractivity contribution in [3.63, 3.8) is 0 Å². The van der Waals surface area contributed by atoms with E-state index in [9.17, 15) is 5.11 Å². The van der Waals surface area contributed by atoms with Gasteiger partial charge >= 0.3 is 0 Å². The SMILES string of the molecule is OC(Cc1cc(Br)cc2c1OCC2)c1cn[nH]n1. The fourth-order valence-corrected chi connectivity index (χ4v) is 2.73. The Labute approximate surface area is 112 Å². The molecular weight excluding hydrogens is 298 g/mol. The number of ether oxygens (including phenoxy) is 1. The quantitative estimate of drug-likeness (QED) is 0.906. The van der Waals surface area contributed by atoms with Crippen LogP contribution in [-0.4, -0.2) is 27.1 Å². The lowest BCUT2D eigenvalue weighted by Crippen LogP contribution is -2.04. The van der Waals surface area contributed by atoms with Gasteiger partial charge in [0.1, 0.15) is 17.5 Å². The Bertz CT molecular complexity index is 557. The van der Waals surface area contributed by atoms with Crippen LogP contribution in [0.4, 0.5) is 0 Å². The zero-order chi connectivity index (χ0) is 12.5. The van der Waals surface area contributed by atoms with Crippen LogP contribution in [-0.2, 0) is 12.8 Å². The number of benzene rings is 1. The number of aliphatic hydroxyl groups excluding tert-OH is 1. The number of aromatic nitrogens is 3. The topological polar surface area (TPSA) is 71.0 Å². The standard InChI is InChI=1S/C12H12BrN3O2/c13-9-3-7-1-2-18-12(7)8(4-9)5-11(17)10-6-14-16-15-10/h3-4,6,11,17H,1-2,5H2,(H,14,15,16). The van der Waals surface area contributed by atoms with Crippen LogP contribution in [0.15, 0.2) is 22.8 Å². The molecule has 6 heteroatoms. The largest absolute Gasteiger partial charge is 0.493 e. The molecule has 1 unspecified atom stereocenters. The lowest BCUT2D eigenvalue weighted by Gasteiger charge is -2.12. The molecule has 0 bridgehead atoms. The molecule has 1 aromatic carbocycles. The maximum absolute atomic E-state index is 10.1. The fraction of sp³-hybridized carbons (Fsp3) is 0.333. The minimum absolute atomic E-state index is 0.467. The summed E-state index contributed by atoms with van der Waals surface area (Å²) in [6, 6.07) is 4.04. The van der Waals surface area contributed by atoms with Crippen LogP contribution >= 0.6 is 15.9 Å². The zero-order valence-electron chi connectivity index (χ0n) is 9.56. The number of nitrogens with zero attached hydrogens (tertiary/aromatic N) is 2. The van der Waals surface area contributed by atoms with Crippen molar-refractivity contribution in [2.75, 3.05) is 6.61 Å². The molecule has 1 aliphatic rings. The number of hydrogen-bond donors (Lipinski definition) is 2. The Hall–Kier alpha value is -1.40. The molecule has 2 heterocycles. The Morgan fingerprint density at radius 3 is 3.17 bits per heavy atom. The first-order valence-electron chi connectivity index (χ1n) is 5.72. The van der Waals surface area contributed by atoms with Crippen LogP contribution < -0.4 is 4.74 Å². The van der Waals surface area contributed by atoms with E-state index in [1.165, 1.54) is 11.8 Å². The summed E-state index contributed by atoms with van der Waals surface area (Å²) >= 11 is 3.48. The number of H-pyrrole nitrogens is 1. The van der Waals surface area contributed by atoms with E-state index in [0.717, 1.165) is 22.2 Å². The van der Waals surface area contributed by atoms with E-state index in [1.807, 2.05) is 6.07 Å². The van der Waals surface area contributed by atoms with Crippen molar-refractivity contribution in [1.82, 2.24) is 15.4 Å². The smallest absolute Gasteiger partial charge is 0.125 e. The molecule has 0 amide bonds. The highest BCUT2D eigenvalue weighted by Crippen LogP contribution is 2.35. The minimum Gasteiger partial charge on any atom is -0.493 e. The number of halogens is 1. The number of aromatic amines is 1. The van der Waals surface area contributed by atoms with E-state index >= 15 is 0 Å². The van der Waals surface area contributed by atoms with Crippen molar-refractivity contribution >= 4 is 15.9 Å². The van der Waals surface area contributed by atoms with Gasteiger partial charge in [-0.1, -0.05) is 15.9 Å². The average molecular weight is 310 g/mol. The number of rotatable bonds is 3. The Kier molecular flexibility index (Phi) is 3.05. The van der Waals surface area contributed by atoms with Gasteiger partial charge in [0.15, 0.2) is 0 Å². The van der Waals surface area contributed by atoms with Gasteiger partial charge in [-0.2, -0.15) is 15.4 Å². The number of fused-ring (bicyclic) bond motifs is 1. The van der Waals surface area contributed by atoms with E-state index in [2.05, 4.69) is 37.4 Å². The van der Waals surface area contributed by atoms with Crippen molar-refractivity contribution in [3.05, 3.63) is 39.6 Å². The molecule has 94 valence electrons. The van der Waals surface area contributed by atoms with E-state index < -0.39 is 6.10 Å². The highest BCUT2D eigenvalue weighted by molar-refractivity contribution is 9.10. The maximum Gasteiger partial charge on any atom is 0.125 e. The molecule has 0 aliphatic carbocycles. The lowest BCUT2D eigenvalue weighted by molar-refractivity contribution is 0.172. The van der Waals surface area contributed by atoms with Crippen LogP contribution in [0.5, 0.6) is 5.75 Å². The van der Waals surface area contributed by atoms with Gasteiger partial charge < -0.3 is 9.84 Å². The molecule has 18 heavy (non-hydrogen) atoms. The summed E-state index contributed by atoms with van der Waals surface area (Å²) in [6.07, 6.45) is 2.24. The second-order valence-electron chi connectivity index (χ2n) is 4.27. The van der Waals surface area contributed by atoms with Gasteiger partial charge in [0, 0.05) is 17.3 Å². The van der Waals surface area contributed by atoms with E-state index in [0.29, 0.717) is 18.7 Å². The molecule has 3 rings (SSSR count). The second kappa shape index (κ2) is 4.70. The van der Waals surface area contributed by atoms with Crippen molar-refractivity contribution in [2.24, 2.45) is 0 Å². The van der Waals surface area contributed by atoms with Gasteiger partial charge in [-0.05, 0) is 23.3 Å². The number of hydrogen-bond acceptors (Lipinski definition) is 4. The fourth-order valence-electron chi connectivity index (χ4n) is 2.18. The lowest BCUT2D eigenvalue weighted by atomic mass is 10.0. The third-order valence-electron chi connectivity index (χ3n) is 3.01. The second-order valence-corrected chi connectivity index (χ2v) is 5.18. The summed E-state index contributed by atoms with van der Waals surface area (Å²) in [5, 5.41) is 20.2. The predicted octanol–water partition coefficient (Wildman–Crippen LogP) is 1.78. The predicted molar refractivity (Wildman–Crippen MR) is 68.4 cm³/mol. The maximum atomic E-state index is 10.1. The first kappa shape index (κ1) is 11.7. The molecule has 2 N–H and O–H groups in total. The first-order chi connectivity index (χ1) is 8.74. The first-order valence-corrected chi connectivity index (χ1v) is 6.51. The van der Waals surface area contributed by atoms with Crippen LogP contribution in [0.25, 0.3) is 0 Å². The summed E-state index contributed by atoms with van der Waals surface area (Å²) in [6.45, 7) is 0.707. The van der Waals surface area contributed by atoms with Crippen molar-refractivity contribution in [2.45, 2.75) is 18.9 Å². The molecule has 0 saturated carbocycles. The van der Waals surface area contributed by atoms with Gasteiger partial charge in [0.25, 0.3) is 0 Å². The molecular formula is C12H12BrN3O2. The average Bonchev–Trinajstić information content (AvgIpc) is 2.98. The summed E-state index contributed by atoms with van der Waals surface area (Å²) in [5.41, 5.74) is 2.72. The van der Waals surface area contributed by atoms with E-state index in [-0.39, 0.29) is 0 Å². The molecule has 5 nitrogen and oxygen atoms in total. The van der Waals surface area contributed by atoms with E-state index in [1.54, 1.807) is 0 Å². The Morgan fingerprint density at radius 1 is 1.50 bits per heavy atom. The van der Waals surface area contributed by atoms with Crippen LogP contribution in [0.1, 0.15) is 22.9 Å². The van der Waals surface area contributed by atoms with Gasteiger partial charge in [-0.3, -0.25) is 0 Å². The van der Waals surface area contributed by atoms with Crippen molar-refractivity contribution in [3.8, 4) is 5.75 Å². The highest BCUT2D eigenvalue weighted by atomic mass is 79.9. The Morgan fingerprint density at radius 2 is 2.39 bits per heavy atom. The minimum atomic E-state index is -0.675. The number of nitrogens with one attached hydrogen (secondary N) is 1. The third kappa shape index (κ3) is 2.13. The van der Waals surface area contributed by atoms with Crippen LogP contribution in [0.3, 0.4) is 0 Å². The molecule has 1 aromatic heterocycles. The van der Waals surface area contributed by atoms with Crippen LogP contribution in [0, 0.1) is 0 Å². The van der Waals surface area contributed by atoms with E-state index in [4.69, 9.17) is 4.74 Å². The molecule has 2 aromatic rings. The molecule has 0 radical (unpaired) electrons. The summed E-state index contributed by atoms with van der Waals surface area (Å²) in [5.74, 6) is 0.903.